The lowest BCUT2D eigenvalue weighted by molar-refractivity contribution is 0.0695. The van der Waals surface area contributed by atoms with Gasteiger partial charge in [0.15, 0.2) is 0 Å². The van der Waals surface area contributed by atoms with E-state index >= 15 is 0 Å². The number of carboxylic acid groups (broad SMARTS) is 1. The number of hydrogen-bond donors (Lipinski definition) is 1. The zero-order valence-corrected chi connectivity index (χ0v) is 15.6. The molecular formula is C21H34O3. The first-order valence-corrected chi connectivity index (χ1v) is 9.49. The number of hydrogen-bond acceptors (Lipinski definition) is 2. The number of rotatable bonds is 13. The number of carbonyl (C=O) groups is 1. The predicted molar refractivity (Wildman–Crippen MR) is 100 cm³/mol. The SMILES string of the molecule is CCCCCCCC(COC)c1cccc(C(=O)O)c1CCCC. The fourth-order valence-corrected chi connectivity index (χ4v) is 3.34. The Morgan fingerprint density at radius 1 is 1.08 bits per heavy atom. The maximum Gasteiger partial charge on any atom is 0.335 e. The van der Waals surface area contributed by atoms with Crippen molar-refractivity contribution in [2.24, 2.45) is 0 Å². The van der Waals surface area contributed by atoms with Crippen molar-refractivity contribution in [1.29, 1.82) is 0 Å². The van der Waals surface area contributed by atoms with Crippen LogP contribution in [-0.4, -0.2) is 24.8 Å². The molecule has 1 aromatic rings. The van der Waals surface area contributed by atoms with E-state index in [9.17, 15) is 9.90 Å². The molecule has 0 aliphatic rings. The van der Waals surface area contributed by atoms with Gasteiger partial charge in [0.05, 0.1) is 12.2 Å². The highest BCUT2D eigenvalue weighted by atomic mass is 16.5. The zero-order valence-electron chi connectivity index (χ0n) is 15.6. The topological polar surface area (TPSA) is 46.5 Å². The maximum absolute atomic E-state index is 11.6. The van der Waals surface area contributed by atoms with Crippen molar-refractivity contribution in [3.05, 3.63) is 34.9 Å². The second-order valence-electron chi connectivity index (χ2n) is 6.64. The minimum Gasteiger partial charge on any atom is -0.478 e. The van der Waals surface area contributed by atoms with Gasteiger partial charge >= 0.3 is 5.97 Å². The van der Waals surface area contributed by atoms with Gasteiger partial charge in [0.2, 0.25) is 0 Å². The Morgan fingerprint density at radius 3 is 2.42 bits per heavy atom. The molecule has 136 valence electrons. The van der Waals surface area contributed by atoms with Gasteiger partial charge in [-0.1, -0.05) is 64.5 Å². The lowest BCUT2D eigenvalue weighted by atomic mass is 9.86. The Morgan fingerprint density at radius 2 is 1.79 bits per heavy atom. The van der Waals surface area contributed by atoms with E-state index in [0.29, 0.717) is 18.1 Å². The molecule has 0 radical (unpaired) electrons. The molecule has 0 fully saturated rings. The van der Waals surface area contributed by atoms with E-state index in [4.69, 9.17) is 4.74 Å². The van der Waals surface area contributed by atoms with Crippen molar-refractivity contribution in [2.75, 3.05) is 13.7 Å². The van der Waals surface area contributed by atoms with E-state index in [1.165, 1.54) is 37.7 Å². The predicted octanol–water partition coefficient (Wildman–Crippen LogP) is 5.82. The summed E-state index contributed by atoms with van der Waals surface area (Å²) in [5, 5.41) is 9.54. The van der Waals surface area contributed by atoms with Crippen LogP contribution < -0.4 is 0 Å². The Hall–Kier alpha value is -1.35. The third kappa shape index (κ3) is 6.64. The first-order valence-electron chi connectivity index (χ1n) is 9.49. The van der Waals surface area contributed by atoms with Crippen LogP contribution in [0.4, 0.5) is 0 Å². The van der Waals surface area contributed by atoms with Gasteiger partial charge in [-0.25, -0.2) is 4.79 Å². The molecule has 0 saturated heterocycles. The van der Waals surface area contributed by atoms with Crippen molar-refractivity contribution < 1.29 is 14.6 Å². The van der Waals surface area contributed by atoms with Crippen LogP contribution in [-0.2, 0) is 11.2 Å². The summed E-state index contributed by atoms with van der Waals surface area (Å²) in [7, 11) is 1.73. The van der Waals surface area contributed by atoms with Crippen LogP contribution in [0.5, 0.6) is 0 Å². The van der Waals surface area contributed by atoms with Crippen molar-refractivity contribution in [3.63, 3.8) is 0 Å². The average Bonchev–Trinajstić information content (AvgIpc) is 2.58. The molecule has 1 atom stereocenters. The third-order valence-electron chi connectivity index (χ3n) is 4.69. The molecule has 3 heteroatoms. The number of carboxylic acids is 1. The van der Waals surface area contributed by atoms with Gasteiger partial charge in [-0.05, 0) is 36.5 Å². The van der Waals surface area contributed by atoms with E-state index in [2.05, 4.69) is 19.9 Å². The van der Waals surface area contributed by atoms with Gasteiger partial charge in [-0.15, -0.1) is 0 Å². The van der Waals surface area contributed by atoms with Gasteiger partial charge < -0.3 is 9.84 Å². The Balaban J connectivity index is 2.94. The van der Waals surface area contributed by atoms with Crippen LogP contribution in [0.3, 0.4) is 0 Å². The van der Waals surface area contributed by atoms with Gasteiger partial charge in [0.25, 0.3) is 0 Å². The molecule has 1 rings (SSSR count). The van der Waals surface area contributed by atoms with E-state index in [1.54, 1.807) is 13.2 Å². The molecule has 1 aromatic carbocycles. The fourth-order valence-electron chi connectivity index (χ4n) is 3.34. The minimum absolute atomic E-state index is 0.294. The van der Waals surface area contributed by atoms with E-state index < -0.39 is 5.97 Å². The van der Waals surface area contributed by atoms with E-state index in [0.717, 1.165) is 31.2 Å². The summed E-state index contributed by atoms with van der Waals surface area (Å²) >= 11 is 0. The highest BCUT2D eigenvalue weighted by Crippen LogP contribution is 2.29. The van der Waals surface area contributed by atoms with E-state index in [1.807, 2.05) is 6.07 Å². The number of methoxy groups -OCH3 is 1. The molecule has 0 aliphatic carbocycles. The second kappa shape index (κ2) is 12.1. The molecule has 24 heavy (non-hydrogen) atoms. The van der Waals surface area contributed by atoms with Gasteiger partial charge in [-0.3, -0.25) is 0 Å². The van der Waals surface area contributed by atoms with Gasteiger partial charge in [0.1, 0.15) is 0 Å². The normalized spacial score (nSPS) is 12.3. The largest absolute Gasteiger partial charge is 0.478 e. The first kappa shape index (κ1) is 20.7. The molecular weight excluding hydrogens is 300 g/mol. The van der Waals surface area contributed by atoms with E-state index in [-0.39, 0.29) is 0 Å². The van der Waals surface area contributed by atoms with Crippen molar-refractivity contribution in [3.8, 4) is 0 Å². The molecule has 3 nitrogen and oxygen atoms in total. The number of benzene rings is 1. The molecule has 1 unspecified atom stereocenters. The Labute approximate surface area is 147 Å². The quantitative estimate of drug-likeness (QED) is 0.462. The lowest BCUT2D eigenvalue weighted by Gasteiger charge is -2.21. The molecule has 0 bridgehead atoms. The molecule has 0 aromatic heterocycles. The van der Waals surface area contributed by atoms with Crippen LogP contribution in [0.25, 0.3) is 0 Å². The van der Waals surface area contributed by atoms with Gasteiger partial charge in [0, 0.05) is 13.0 Å². The second-order valence-corrected chi connectivity index (χ2v) is 6.64. The van der Waals surface area contributed by atoms with Crippen molar-refractivity contribution in [2.45, 2.75) is 77.6 Å². The number of aromatic carboxylic acids is 1. The number of unbranched alkanes of at least 4 members (excludes halogenated alkanes) is 5. The molecule has 0 amide bonds. The summed E-state index contributed by atoms with van der Waals surface area (Å²) in [5.41, 5.74) is 2.66. The van der Waals surface area contributed by atoms with Crippen LogP contribution in [0.1, 0.15) is 92.6 Å². The highest BCUT2D eigenvalue weighted by molar-refractivity contribution is 5.89. The molecule has 1 N–H and O–H groups in total. The Bertz CT molecular complexity index is 482. The highest BCUT2D eigenvalue weighted by Gasteiger charge is 2.20. The number of ether oxygens (including phenoxy) is 1. The molecule has 0 saturated carbocycles. The standard InChI is InChI=1S/C21H34O3/c1-4-6-8-9-10-12-17(16-24-3)18-14-11-15-20(21(22)23)19(18)13-7-5-2/h11,14-15,17H,4-10,12-13,16H2,1-3H3,(H,22,23). The van der Waals surface area contributed by atoms with Crippen LogP contribution in [0.15, 0.2) is 18.2 Å². The van der Waals surface area contributed by atoms with Crippen LogP contribution in [0, 0.1) is 0 Å². The average molecular weight is 335 g/mol. The minimum atomic E-state index is -0.818. The lowest BCUT2D eigenvalue weighted by Crippen LogP contribution is -2.13. The van der Waals surface area contributed by atoms with Gasteiger partial charge in [-0.2, -0.15) is 0 Å². The summed E-state index contributed by atoms with van der Waals surface area (Å²) in [6.45, 7) is 5.03. The Kier molecular flexibility index (Phi) is 10.4. The summed E-state index contributed by atoms with van der Waals surface area (Å²) in [6.07, 6.45) is 10.3. The molecule has 0 heterocycles. The molecule has 0 spiro atoms. The van der Waals surface area contributed by atoms with Crippen molar-refractivity contribution >= 4 is 5.97 Å². The monoisotopic (exact) mass is 334 g/mol. The zero-order chi connectivity index (χ0) is 17.8. The summed E-state index contributed by atoms with van der Waals surface area (Å²) in [6, 6.07) is 5.73. The maximum atomic E-state index is 11.6. The first-order chi connectivity index (χ1) is 11.7. The third-order valence-corrected chi connectivity index (χ3v) is 4.69. The van der Waals surface area contributed by atoms with Crippen LogP contribution in [0.2, 0.25) is 0 Å². The summed E-state index contributed by atoms with van der Waals surface area (Å²) in [5.74, 6) is -0.523. The molecule has 0 aliphatic heterocycles. The van der Waals surface area contributed by atoms with Crippen LogP contribution >= 0.6 is 0 Å². The van der Waals surface area contributed by atoms with Crippen molar-refractivity contribution in [1.82, 2.24) is 0 Å². The fraction of sp³-hybridized carbons (Fsp3) is 0.667. The smallest absolute Gasteiger partial charge is 0.335 e. The summed E-state index contributed by atoms with van der Waals surface area (Å²) < 4.78 is 5.45. The summed E-state index contributed by atoms with van der Waals surface area (Å²) in [4.78, 5) is 11.6.